The number of para-hydroxylation sites is 2. The van der Waals surface area contributed by atoms with Crippen LogP contribution < -0.4 is 15.4 Å². The molecule has 29 heavy (non-hydrogen) atoms. The highest BCUT2D eigenvalue weighted by Gasteiger charge is 2.10. The molecule has 7 heteroatoms. The molecule has 0 atom stereocenters. The third kappa shape index (κ3) is 10.6. The number of hydrogen-bond donors (Lipinski definition) is 2. The number of piperazine rings is 1. The van der Waals surface area contributed by atoms with Crippen molar-refractivity contribution in [1.29, 1.82) is 0 Å². The molecule has 4 rings (SSSR count). The predicted octanol–water partition coefficient (Wildman–Crippen LogP) is 2.77. The van der Waals surface area contributed by atoms with E-state index in [2.05, 4.69) is 10.6 Å². The molecule has 2 saturated heterocycles. The maximum absolute atomic E-state index is 10.6. The molecule has 0 aliphatic carbocycles. The average Bonchev–Trinajstić information content (AvgIpc) is 2.98. The number of benzene rings is 2. The van der Waals surface area contributed by atoms with Crippen molar-refractivity contribution in [3.63, 3.8) is 0 Å². The third-order valence-corrected chi connectivity index (χ3v) is 5.02. The van der Waals surface area contributed by atoms with Crippen LogP contribution in [-0.4, -0.2) is 61.4 Å². The number of nitrogens with zero attached hydrogens (tertiary/aromatic N) is 1. The maximum atomic E-state index is 10.6. The largest absolute Gasteiger partial charge is 0.457 e. The second-order valence-electron chi connectivity index (χ2n) is 6.57. The molecule has 2 aliphatic heterocycles. The van der Waals surface area contributed by atoms with E-state index in [1.807, 2.05) is 72.6 Å². The van der Waals surface area contributed by atoms with E-state index in [0.717, 1.165) is 43.3 Å². The lowest BCUT2D eigenvalue weighted by atomic mass is 10.3. The van der Waals surface area contributed by atoms with Crippen molar-refractivity contribution in [2.45, 2.75) is 6.42 Å². The first-order valence-electron chi connectivity index (χ1n) is 9.71. The fourth-order valence-corrected chi connectivity index (χ4v) is 3.28. The summed E-state index contributed by atoms with van der Waals surface area (Å²) in [5.41, 5.74) is 0. The van der Waals surface area contributed by atoms with Crippen LogP contribution in [0, 0.1) is 0 Å². The summed E-state index contributed by atoms with van der Waals surface area (Å²) in [6.45, 7) is 3.20. The summed E-state index contributed by atoms with van der Waals surface area (Å²) in [4.78, 5) is 23.1. The second-order valence-corrected chi connectivity index (χ2v) is 7.68. The molecule has 2 heterocycles. The summed E-state index contributed by atoms with van der Waals surface area (Å²) in [6.07, 6.45) is 1.12. The van der Waals surface area contributed by atoms with Gasteiger partial charge in [0.25, 0.3) is 0 Å². The zero-order valence-electron chi connectivity index (χ0n) is 16.8. The quantitative estimate of drug-likeness (QED) is 0.789. The van der Waals surface area contributed by atoms with Crippen LogP contribution in [0.25, 0.3) is 0 Å². The van der Waals surface area contributed by atoms with Gasteiger partial charge < -0.3 is 15.4 Å². The first-order chi connectivity index (χ1) is 14.1. The SMILES string of the molecule is CN1CCNC(=O)C1.O=C1CSCCCN1.c1ccc(Oc2ccccc2)cc1. The van der Waals surface area contributed by atoms with Gasteiger partial charge in [0, 0.05) is 19.6 Å². The summed E-state index contributed by atoms with van der Waals surface area (Å²) < 4.78 is 5.58. The van der Waals surface area contributed by atoms with Crippen LogP contribution in [0.3, 0.4) is 0 Å². The van der Waals surface area contributed by atoms with Gasteiger partial charge in [0.15, 0.2) is 0 Å². The van der Waals surface area contributed by atoms with Crippen molar-refractivity contribution >= 4 is 23.6 Å². The van der Waals surface area contributed by atoms with Crippen LogP contribution in [0.15, 0.2) is 60.7 Å². The van der Waals surface area contributed by atoms with Crippen molar-refractivity contribution in [1.82, 2.24) is 15.5 Å². The highest BCUT2D eigenvalue weighted by atomic mass is 32.2. The Balaban J connectivity index is 0.000000164. The number of nitrogens with one attached hydrogen (secondary N) is 2. The zero-order chi connectivity index (χ0) is 20.7. The molecule has 0 aromatic heterocycles. The standard InChI is InChI=1S/C12H10O.C5H10N2O.C5H9NOS/c1-3-7-11(8-4-1)13-12-9-5-2-6-10-12;1-7-3-2-6-5(8)4-7;7-5-4-8-3-1-2-6-5/h1-10H;2-4H2,1H3,(H,6,8);1-4H2,(H,6,7). The molecular formula is C22H29N3O3S. The van der Waals surface area contributed by atoms with E-state index in [1.165, 1.54) is 0 Å². The Bertz CT molecular complexity index is 679. The molecule has 0 radical (unpaired) electrons. The van der Waals surface area contributed by atoms with Gasteiger partial charge in [0.1, 0.15) is 11.5 Å². The van der Waals surface area contributed by atoms with Gasteiger partial charge in [-0.3, -0.25) is 14.5 Å². The Morgan fingerprint density at radius 3 is 1.97 bits per heavy atom. The van der Waals surface area contributed by atoms with Crippen LogP contribution in [-0.2, 0) is 9.59 Å². The first kappa shape index (κ1) is 22.8. The van der Waals surface area contributed by atoms with Gasteiger partial charge in [-0.15, -0.1) is 0 Å². The molecule has 156 valence electrons. The van der Waals surface area contributed by atoms with Crippen LogP contribution in [0.1, 0.15) is 6.42 Å². The molecule has 2 N–H and O–H groups in total. The molecule has 0 bridgehead atoms. The summed E-state index contributed by atoms with van der Waals surface area (Å²) in [5.74, 6) is 3.84. The minimum absolute atomic E-state index is 0.138. The molecule has 2 amide bonds. The number of amides is 2. The van der Waals surface area contributed by atoms with Crippen molar-refractivity contribution in [2.75, 3.05) is 44.7 Å². The third-order valence-electron chi connectivity index (χ3n) is 3.97. The Morgan fingerprint density at radius 2 is 1.45 bits per heavy atom. The van der Waals surface area contributed by atoms with Gasteiger partial charge in [-0.05, 0) is 43.5 Å². The van der Waals surface area contributed by atoms with E-state index in [-0.39, 0.29) is 11.8 Å². The van der Waals surface area contributed by atoms with Gasteiger partial charge in [-0.2, -0.15) is 11.8 Å². The number of carbonyl (C=O) groups is 2. The number of thioether (sulfide) groups is 1. The van der Waals surface area contributed by atoms with E-state index >= 15 is 0 Å². The molecule has 2 aromatic carbocycles. The Kier molecular flexibility index (Phi) is 10.7. The highest BCUT2D eigenvalue weighted by Crippen LogP contribution is 2.19. The van der Waals surface area contributed by atoms with Crippen LogP contribution in [0.5, 0.6) is 11.5 Å². The fourth-order valence-electron chi connectivity index (χ4n) is 2.50. The summed E-state index contributed by atoms with van der Waals surface area (Å²) >= 11 is 1.71. The van der Waals surface area contributed by atoms with Crippen LogP contribution in [0.4, 0.5) is 0 Å². The molecule has 0 spiro atoms. The van der Waals surface area contributed by atoms with Crippen molar-refractivity contribution < 1.29 is 14.3 Å². The molecule has 0 unspecified atom stereocenters. The van der Waals surface area contributed by atoms with Gasteiger partial charge in [-0.1, -0.05) is 36.4 Å². The minimum atomic E-state index is 0.138. The Hall–Kier alpha value is -2.51. The Morgan fingerprint density at radius 1 is 0.862 bits per heavy atom. The van der Waals surface area contributed by atoms with Crippen LogP contribution in [0.2, 0.25) is 0 Å². The molecule has 2 aromatic rings. The van der Waals surface area contributed by atoms with E-state index < -0.39 is 0 Å². The fraction of sp³-hybridized carbons (Fsp3) is 0.364. The molecule has 2 fully saturated rings. The van der Waals surface area contributed by atoms with Gasteiger partial charge in [-0.25, -0.2) is 0 Å². The Labute approximate surface area is 177 Å². The zero-order valence-corrected chi connectivity index (χ0v) is 17.6. The number of hydrogen-bond acceptors (Lipinski definition) is 5. The minimum Gasteiger partial charge on any atom is -0.457 e. The molecule has 6 nitrogen and oxygen atoms in total. The van der Waals surface area contributed by atoms with Gasteiger partial charge in [0.2, 0.25) is 11.8 Å². The number of likely N-dealkylation sites (N-methyl/N-ethyl adjacent to an activating group) is 1. The van der Waals surface area contributed by atoms with Crippen LogP contribution >= 0.6 is 11.8 Å². The van der Waals surface area contributed by atoms with Crippen molar-refractivity contribution in [3.05, 3.63) is 60.7 Å². The van der Waals surface area contributed by atoms with Crippen molar-refractivity contribution in [2.24, 2.45) is 0 Å². The van der Waals surface area contributed by atoms with Gasteiger partial charge in [0.05, 0.1) is 12.3 Å². The van der Waals surface area contributed by atoms with Crippen molar-refractivity contribution in [3.8, 4) is 11.5 Å². The first-order valence-corrected chi connectivity index (χ1v) is 10.9. The average molecular weight is 416 g/mol. The monoisotopic (exact) mass is 415 g/mol. The second kappa shape index (κ2) is 13.6. The van der Waals surface area contributed by atoms with E-state index in [9.17, 15) is 9.59 Å². The van der Waals surface area contributed by atoms with E-state index in [4.69, 9.17) is 4.74 Å². The molecule has 0 saturated carbocycles. The normalized spacial score (nSPS) is 16.6. The number of rotatable bonds is 2. The van der Waals surface area contributed by atoms with E-state index in [0.29, 0.717) is 12.3 Å². The molecular weight excluding hydrogens is 386 g/mol. The predicted molar refractivity (Wildman–Crippen MR) is 118 cm³/mol. The summed E-state index contributed by atoms with van der Waals surface area (Å²) in [7, 11) is 1.94. The number of carbonyl (C=O) groups excluding carboxylic acids is 2. The summed E-state index contributed by atoms with van der Waals surface area (Å²) in [6, 6.07) is 19.5. The lowest BCUT2D eigenvalue weighted by Gasteiger charge is -2.21. The number of ether oxygens (including phenoxy) is 1. The van der Waals surface area contributed by atoms with E-state index in [1.54, 1.807) is 11.8 Å². The maximum Gasteiger partial charge on any atom is 0.234 e. The lowest BCUT2D eigenvalue weighted by molar-refractivity contribution is -0.123. The summed E-state index contributed by atoms with van der Waals surface area (Å²) in [5, 5.41) is 5.52. The smallest absolute Gasteiger partial charge is 0.234 e. The molecule has 2 aliphatic rings. The lowest BCUT2D eigenvalue weighted by Crippen LogP contribution is -2.45. The van der Waals surface area contributed by atoms with Gasteiger partial charge >= 0.3 is 0 Å². The highest BCUT2D eigenvalue weighted by molar-refractivity contribution is 7.99. The topological polar surface area (TPSA) is 70.7 Å².